The summed E-state index contributed by atoms with van der Waals surface area (Å²) in [4.78, 5) is 0. The van der Waals surface area contributed by atoms with Gasteiger partial charge < -0.3 is 0 Å². The summed E-state index contributed by atoms with van der Waals surface area (Å²) in [5.41, 5.74) is 0. The molecule has 0 aliphatic carbocycles. The number of nitrogens with one attached hydrogen (secondary N) is 2. The Hall–Kier alpha value is -0.0600. The summed E-state index contributed by atoms with van der Waals surface area (Å²) in [5.74, 6) is 1.75. The summed E-state index contributed by atoms with van der Waals surface area (Å²) in [6.45, 7) is 4.40. The van der Waals surface area contributed by atoms with Crippen LogP contribution in [0.1, 0.15) is 20.3 Å². The summed E-state index contributed by atoms with van der Waals surface area (Å²) in [5, 5.41) is 5.27. The average molecular weight is 243 g/mol. The number of H-pyrrole nitrogens is 2. The van der Waals surface area contributed by atoms with Gasteiger partial charge in [0.25, 0.3) is 0 Å². The van der Waals surface area contributed by atoms with Crippen molar-refractivity contribution >= 4 is 34.0 Å². The summed E-state index contributed by atoms with van der Waals surface area (Å²) in [6.07, 6.45) is 1.17. The van der Waals surface area contributed by atoms with Gasteiger partial charge in [0.1, 0.15) is 0 Å². The minimum atomic E-state index is -0.0473. The molecule has 0 radical (unpaired) electrons. The second kappa shape index (κ2) is 4.98. The molecule has 0 fully saturated rings. The molecule has 0 saturated heterocycles. The topological polar surface area (TPSA) is 36.5 Å². The highest BCUT2D eigenvalue weighted by atomic mass is 35.5. The Morgan fingerprint density at radius 3 is 2.92 bits per heavy atom. The van der Waals surface area contributed by atoms with Gasteiger partial charge in [-0.3, -0.25) is 5.10 Å². The number of rotatable bonds is 3. The Kier molecular flexibility index (Phi) is 4.22. The van der Waals surface area contributed by atoms with Gasteiger partial charge in [0.15, 0.2) is 16.3 Å². The Morgan fingerprint density at radius 1 is 1.69 bits per heavy atom. The number of halogens is 2. The lowest BCUT2D eigenvalue weighted by Gasteiger charge is -2.02. The van der Waals surface area contributed by atoms with E-state index >= 15 is 0 Å². The van der Waals surface area contributed by atoms with Crippen molar-refractivity contribution in [1.82, 2.24) is 13.9 Å². The SMILES string of the molecule is CCC(C)C[s+]1cc(Cl)[nH]n(Cl)[nH]1. The molecule has 0 aliphatic heterocycles. The maximum Gasteiger partial charge on any atom is 0.198 e. The van der Waals surface area contributed by atoms with E-state index in [-0.39, 0.29) is 10.7 Å². The molecule has 0 aliphatic rings. The molecule has 0 spiro atoms. The van der Waals surface area contributed by atoms with E-state index in [0.29, 0.717) is 11.1 Å². The first-order valence-corrected chi connectivity index (χ1v) is 6.35. The van der Waals surface area contributed by atoms with Crippen LogP contribution >= 0.6 is 34.0 Å². The first kappa shape index (κ1) is 11.0. The first-order chi connectivity index (χ1) is 6.11. The Balaban J connectivity index is 2.77. The average Bonchev–Trinajstić information content (AvgIpc) is 2.02. The fraction of sp³-hybridized carbons (Fsp3) is 0.714. The van der Waals surface area contributed by atoms with E-state index in [1.807, 2.05) is 5.38 Å². The third kappa shape index (κ3) is 3.67. The number of nitrogens with zero attached hydrogens (tertiary/aromatic N) is 1. The molecule has 2 unspecified atom stereocenters. The molecule has 76 valence electrons. The molecule has 13 heavy (non-hydrogen) atoms. The predicted molar refractivity (Wildman–Crippen MR) is 59.0 cm³/mol. The fourth-order valence-corrected chi connectivity index (χ4v) is 3.34. The van der Waals surface area contributed by atoms with Crippen LogP contribution in [0.5, 0.6) is 0 Å². The van der Waals surface area contributed by atoms with E-state index in [4.69, 9.17) is 23.4 Å². The Bertz CT molecular complexity index is 275. The van der Waals surface area contributed by atoms with Gasteiger partial charge in [0, 0.05) is 5.92 Å². The highest BCUT2D eigenvalue weighted by molar-refractivity contribution is 7.23. The lowest BCUT2D eigenvalue weighted by Crippen LogP contribution is -2.00. The molecular formula is C7H14Cl2N3S+. The highest BCUT2D eigenvalue weighted by Gasteiger charge is 2.10. The van der Waals surface area contributed by atoms with Crippen LogP contribution in [-0.4, -0.2) is 13.9 Å². The van der Waals surface area contributed by atoms with Gasteiger partial charge in [-0.15, -0.1) is 0 Å². The van der Waals surface area contributed by atoms with Crippen LogP contribution in [0, 0.1) is 5.92 Å². The minimum Gasteiger partial charge on any atom is -0.250 e. The van der Waals surface area contributed by atoms with Gasteiger partial charge >= 0.3 is 0 Å². The molecule has 3 nitrogen and oxygen atoms in total. The van der Waals surface area contributed by atoms with E-state index < -0.39 is 0 Å². The third-order valence-electron chi connectivity index (χ3n) is 1.81. The van der Waals surface area contributed by atoms with Crippen molar-refractivity contribution in [1.29, 1.82) is 0 Å². The van der Waals surface area contributed by atoms with Crippen LogP contribution in [0.4, 0.5) is 0 Å². The van der Waals surface area contributed by atoms with Crippen molar-refractivity contribution in [2.75, 3.05) is 0 Å². The van der Waals surface area contributed by atoms with Crippen LogP contribution in [0.3, 0.4) is 0 Å². The number of hydrogen-bond donors (Lipinski definition) is 2. The summed E-state index contributed by atoms with van der Waals surface area (Å²) < 4.78 is 4.35. The van der Waals surface area contributed by atoms with Crippen molar-refractivity contribution in [3.05, 3.63) is 10.5 Å². The molecule has 0 aromatic carbocycles. The van der Waals surface area contributed by atoms with E-state index in [0.717, 1.165) is 5.75 Å². The van der Waals surface area contributed by atoms with Crippen molar-refractivity contribution in [3.8, 4) is 0 Å². The molecule has 1 heterocycles. The van der Waals surface area contributed by atoms with Crippen molar-refractivity contribution in [2.24, 2.45) is 5.92 Å². The Morgan fingerprint density at radius 2 is 2.38 bits per heavy atom. The number of aromatic nitrogens is 3. The summed E-state index contributed by atoms with van der Waals surface area (Å²) in [7, 11) is -0.0473. The van der Waals surface area contributed by atoms with Gasteiger partial charge in [-0.25, -0.2) is 0 Å². The van der Waals surface area contributed by atoms with Crippen molar-refractivity contribution in [3.63, 3.8) is 0 Å². The Labute approximate surface area is 90.5 Å². The summed E-state index contributed by atoms with van der Waals surface area (Å²) in [6, 6.07) is 0. The molecule has 1 aromatic rings. The minimum absolute atomic E-state index is 0.0473. The number of hydrogen-bond acceptors (Lipinski definition) is 0. The van der Waals surface area contributed by atoms with Gasteiger partial charge in [-0.1, -0.05) is 34.3 Å². The number of aromatic amines is 2. The maximum atomic E-state index is 5.82. The monoisotopic (exact) mass is 242 g/mol. The van der Waals surface area contributed by atoms with Gasteiger partial charge in [0.05, 0.1) is 22.4 Å². The van der Waals surface area contributed by atoms with Crippen molar-refractivity contribution in [2.45, 2.75) is 26.0 Å². The largest absolute Gasteiger partial charge is 0.250 e. The lowest BCUT2D eigenvalue weighted by molar-refractivity contribution is 0.596. The van der Waals surface area contributed by atoms with E-state index in [2.05, 4.69) is 23.4 Å². The fourth-order valence-electron chi connectivity index (χ4n) is 0.907. The molecule has 6 heteroatoms. The smallest absolute Gasteiger partial charge is 0.198 e. The molecular weight excluding hydrogens is 229 g/mol. The maximum absolute atomic E-state index is 5.82. The highest BCUT2D eigenvalue weighted by Crippen LogP contribution is 2.22. The van der Waals surface area contributed by atoms with Crippen LogP contribution in [0.25, 0.3) is 0 Å². The molecule has 1 aromatic heterocycles. The molecule has 2 N–H and O–H groups in total. The van der Waals surface area contributed by atoms with Crippen LogP contribution < -0.4 is 0 Å². The van der Waals surface area contributed by atoms with Crippen molar-refractivity contribution < 1.29 is 0 Å². The normalized spacial score (nSPS) is 14.3. The van der Waals surface area contributed by atoms with Gasteiger partial charge in [0.2, 0.25) is 0 Å². The summed E-state index contributed by atoms with van der Waals surface area (Å²) >= 11 is 11.5. The lowest BCUT2D eigenvalue weighted by atomic mass is 10.2. The first-order valence-electron chi connectivity index (χ1n) is 4.17. The van der Waals surface area contributed by atoms with Crippen LogP contribution in [0.15, 0.2) is 5.38 Å². The molecule has 0 bridgehead atoms. The van der Waals surface area contributed by atoms with Crippen LogP contribution in [0.2, 0.25) is 5.15 Å². The second-order valence-corrected chi connectivity index (χ2v) is 5.41. The van der Waals surface area contributed by atoms with E-state index in [1.54, 1.807) is 0 Å². The zero-order valence-electron chi connectivity index (χ0n) is 7.68. The van der Waals surface area contributed by atoms with Gasteiger partial charge in [-0.05, 0) is 6.42 Å². The molecule has 0 amide bonds. The zero-order valence-corrected chi connectivity index (χ0v) is 10.0. The van der Waals surface area contributed by atoms with Gasteiger partial charge in [-0.2, -0.15) is 0 Å². The molecule has 0 saturated carbocycles. The molecule has 2 atom stereocenters. The third-order valence-corrected chi connectivity index (χ3v) is 4.27. The zero-order chi connectivity index (χ0) is 9.84. The quantitative estimate of drug-likeness (QED) is 0.759. The van der Waals surface area contributed by atoms with E-state index in [1.165, 1.54) is 10.7 Å². The predicted octanol–water partition coefficient (Wildman–Crippen LogP) is 3.72. The molecule has 1 rings (SSSR count). The van der Waals surface area contributed by atoms with Crippen LogP contribution in [-0.2, 0) is 5.75 Å². The van der Waals surface area contributed by atoms with E-state index in [9.17, 15) is 0 Å². The second-order valence-electron chi connectivity index (χ2n) is 3.06. The standard InChI is InChI=1S/C7H14Cl2N3S/c1-3-6(2)4-13-5-7(8)10-12(9)11-13/h5-6,10-11H,3-4H2,1-2H3/q+1.